The second-order valence-corrected chi connectivity index (χ2v) is 7.98. The van der Waals surface area contributed by atoms with Crippen LogP contribution >= 0.6 is 0 Å². The predicted molar refractivity (Wildman–Crippen MR) is 88.1 cm³/mol. The summed E-state index contributed by atoms with van der Waals surface area (Å²) in [6.45, 7) is 16.9. The molecule has 1 aromatic heterocycles. The predicted octanol–water partition coefficient (Wildman–Crippen LogP) is 3.89. The Kier molecular flexibility index (Phi) is 5.50. The third-order valence-corrected chi connectivity index (χ3v) is 4.57. The summed E-state index contributed by atoms with van der Waals surface area (Å²) >= 11 is 0. The van der Waals surface area contributed by atoms with Crippen molar-refractivity contribution in [2.45, 2.75) is 54.1 Å². The molecule has 3 nitrogen and oxygen atoms in total. The van der Waals surface area contributed by atoms with Crippen LogP contribution in [-0.2, 0) is 13.1 Å². The first kappa shape index (κ1) is 16.6. The third kappa shape index (κ3) is 4.86. The molecule has 0 radical (unpaired) electrons. The zero-order valence-corrected chi connectivity index (χ0v) is 14.4. The van der Waals surface area contributed by atoms with Gasteiger partial charge in [0.15, 0.2) is 0 Å². The van der Waals surface area contributed by atoms with Crippen LogP contribution in [0, 0.1) is 17.3 Å². The van der Waals surface area contributed by atoms with Crippen molar-refractivity contribution in [1.82, 2.24) is 10.2 Å². The maximum absolute atomic E-state index is 5.72. The van der Waals surface area contributed by atoms with E-state index in [0.717, 1.165) is 31.3 Å². The van der Waals surface area contributed by atoms with Gasteiger partial charge in [0.05, 0.1) is 12.8 Å². The van der Waals surface area contributed by atoms with Gasteiger partial charge in [0.2, 0.25) is 0 Å². The van der Waals surface area contributed by atoms with Gasteiger partial charge < -0.3 is 9.73 Å². The summed E-state index contributed by atoms with van der Waals surface area (Å²) in [6, 6.07) is 2.11. The van der Waals surface area contributed by atoms with Crippen molar-refractivity contribution in [2.24, 2.45) is 17.3 Å². The average molecular weight is 292 g/mol. The van der Waals surface area contributed by atoms with E-state index in [2.05, 4.69) is 50.9 Å². The van der Waals surface area contributed by atoms with Gasteiger partial charge in [-0.3, -0.25) is 4.90 Å². The first-order valence-electron chi connectivity index (χ1n) is 8.34. The molecule has 1 atom stereocenters. The van der Waals surface area contributed by atoms with Crippen LogP contribution in [0.2, 0.25) is 0 Å². The lowest BCUT2D eigenvalue weighted by atomic mass is 9.80. The molecule has 1 aromatic rings. The second kappa shape index (κ2) is 6.97. The molecule has 2 rings (SSSR count). The van der Waals surface area contributed by atoms with E-state index in [-0.39, 0.29) is 0 Å². The third-order valence-electron chi connectivity index (χ3n) is 4.57. The Morgan fingerprint density at radius 2 is 2.14 bits per heavy atom. The Labute approximate surface area is 130 Å². The van der Waals surface area contributed by atoms with E-state index in [1.54, 1.807) is 0 Å². The molecule has 21 heavy (non-hydrogen) atoms. The van der Waals surface area contributed by atoms with Crippen molar-refractivity contribution in [3.63, 3.8) is 0 Å². The molecule has 1 aliphatic heterocycles. The molecule has 1 saturated heterocycles. The first-order valence-corrected chi connectivity index (χ1v) is 8.34. The highest BCUT2D eigenvalue weighted by Crippen LogP contribution is 2.34. The van der Waals surface area contributed by atoms with Crippen molar-refractivity contribution in [3.05, 3.63) is 23.7 Å². The van der Waals surface area contributed by atoms with Gasteiger partial charge in [-0.15, -0.1) is 0 Å². The minimum absolute atomic E-state index is 0.416. The Bertz CT molecular complexity index is 431. The van der Waals surface area contributed by atoms with Crippen LogP contribution < -0.4 is 5.32 Å². The summed E-state index contributed by atoms with van der Waals surface area (Å²) in [5, 5.41) is 3.51. The smallest absolute Gasteiger partial charge is 0.122 e. The van der Waals surface area contributed by atoms with Crippen LogP contribution in [0.25, 0.3) is 0 Å². The SMILES string of the molecule is CC(C)CNCc1ccoc1CN1CCC(C(C)(C)C)C1. The van der Waals surface area contributed by atoms with Gasteiger partial charge in [-0.2, -0.15) is 0 Å². The fourth-order valence-electron chi connectivity index (χ4n) is 3.04. The summed E-state index contributed by atoms with van der Waals surface area (Å²) in [4.78, 5) is 2.54. The van der Waals surface area contributed by atoms with Crippen LogP contribution in [0.3, 0.4) is 0 Å². The van der Waals surface area contributed by atoms with E-state index in [0.29, 0.717) is 11.3 Å². The molecule has 120 valence electrons. The zero-order chi connectivity index (χ0) is 15.5. The summed E-state index contributed by atoms with van der Waals surface area (Å²) in [5.74, 6) is 2.63. The van der Waals surface area contributed by atoms with E-state index in [4.69, 9.17) is 4.42 Å². The Hall–Kier alpha value is -0.800. The van der Waals surface area contributed by atoms with Gasteiger partial charge in [-0.1, -0.05) is 34.6 Å². The molecule has 1 unspecified atom stereocenters. The molecule has 0 aromatic carbocycles. The molecular weight excluding hydrogens is 260 g/mol. The molecule has 2 heterocycles. The Morgan fingerprint density at radius 1 is 1.38 bits per heavy atom. The fourth-order valence-corrected chi connectivity index (χ4v) is 3.04. The van der Waals surface area contributed by atoms with Gasteiger partial charge in [-0.05, 0) is 42.8 Å². The van der Waals surface area contributed by atoms with Crippen molar-refractivity contribution < 1.29 is 4.42 Å². The van der Waals surface area contributed by atoms with E-state index in [1.165, 1.54) is 25.1 Å². The number of nitrogens with one attached hydrogen (secondary N) is 1. The molecule has 0 spiro atoms. The second-order valence-electron chi connectivity index (χ2n) is 7.98. The lowest BCUT2D eigenvalue weighted by molar-refractivity contribution is 0.219. The monoisotopic (exact) mass is 292 g/mol. The van der Waals surface area contributed by atoms with E-state index < -0.39 is 0 Å². The van der Waals surface area contributed by atoms with Gasteiger partial charge in [-0.25, -0.2) is 0 Å². The number of hydrogen-bond acceptors (Lipinski definition) is 3. The van der Waals surface area contributed by atoms with Gasteiger partial charge in [0, 0.05) is 18.7 Å². The number of nitrogens with zero attached hydrogens (tertiary/aromatic N) is 1. The lowest BCUT2D eigenvalue weighted by Crippen LogP contribution is -2.26. The molecule has 3 heteroatoms. The highest BCUT2D eigenvalue weighted by Gasteiger charge is 2.32. The number of likely N-dealkylation sites (tertiary alicyclic amines) is 1. The summed E-state index contributed by atoms with van der Waals surface area (Å²) in [6.07, 6.45) is 3.14. The Morgan fingerprint density at radius 3 is 2.76 bits per heavy atom. The van der Waals surface area contributed by atoms with Crippen molar-refractivity contribution >= 4 is 0 Å². The van der Waals surface area contributed by atoms with Crippen LogP contribution in [0.5, 0.6) is 0 Å². The fraction of sp³-hybridized carbons (Fsp3) is 0.778. The standard InChI is InChI=1S/C18H32N2O/c1-14(2)10-19-11-15-7-9-21-17(15)13-20-8-6-16(12-20)18(3,4)5/h7,9,14,16,19H,6,8,10-13H2,1-5H3. The summed E-state index contributed by atoms with van der Waals surface area (Å²) in [5.41, 5.74) is 1.73. The van der Waals surface area contributed by atoms with E-state index in [9.17, 15) is 0 Å². The highest BCUT2D eigenvalue weighted by atomic mass is 16.3. The number of hydrogen-bond donors (Lipinski definition) is 1. The van der Waals surface area contributed by atoms with Crippen LogP contribution in [-0.4, -0.2) is 24.5 Å². The largest absolute Gasteiger partial charge is 0.468 e. The highest BCUT2D eigenvalue weighted by molar-refractivity contribution is 5.17. The zero-order valence-electron chi connectivity index (χ0n) is 14.4. The topological polar surface area (TPSA) is 28.4 Å². The molecule has 1 N–H and O–H groups in total. The molecule has 0 aliphatic carbocycles. The van der Waals surface area contributed by atoms with Crippen molar-refractivity contribution in [2.75, 3.05) is 19.6 Å². The Balaban J connectivity index is 1.85. The van der Waals surface area contributed by atoms with Crippen molar-refractivity contribution in [1.29, 1.82) is 0 Å². The minimum atomic E-state index is 0.416. The average Bonchev–Trinajstić information content (AvgIpc) is 2.99. The molecule has 0 saturated carbocycles. The molecule has 0 bridgehead atoms. The maximum Gasteiger partial charge on any atom is 0.122 e. The molecule has 1 aliphatic rings. The molecule has 0 amide bonds. The summed E-state index contributed by atoms with van der Waals surface area (Å²) in [7, 11) is 0. The quantitative estimate of drug-likeness (QED) is 0.862. The lowest BCUT2D eigenvalue weighted by Gasteiger charge is -2.27. The van der Waals surface area contributed by atoms with Gasteiger partial charge >= 0.3 is 0 Å². The minimum Gasteiger partial charge on any atom is -0.468 e. The number of rotatable bonds is 6. The maximum atomic E-state index is 5.72. The first-order chi connectivity index (χ1) is 9.86. The van der Waals surface area contributed by atoms with Gasteiger partial charge in [0.25, 0.3) is 0 Å². The summed E-state index contributed by atoms with van der Waals surface area (Å²) < 4.78 is 5.72. The normalized spacial score (nSPS) is 20.6. The van der Waals surface area contributed by atoms with Gasteiger partial charge in [0.1, 0.15) is 5.76 Å². The van der Waals surface area contributed by atoms with Crippen LogP contribution in [0.15, 0.2) is 16.7 Å². The number of furan rings is 1. The van der Waals surface area contributed by atoms with E-state index in [1.807, 2.05) is 6.26 Å². The van der Waals surface area contributed by atoms with Crippen LogP contribution in [0.1, 0.15) is 52.4 Å². The van der Waals surface area contributed by atoms with E-state index >= 15 is 0 Å². The molecular formula is C18H32N2O. The van der Waals surface area contributed by atoms with Crippen LogP contribution in [0.4, 0.5) is 0 Å². The molecule has 1 fully saturated rings. The van der Waals surface area contributed by atoms with Crippen molar-refractivity contribution in [3.8, 4) is 0 Å².